The van der Waals surface area contributed by atoms with Crippen LogP contribution >= 0.6 is 0 Å². The van der Waals surface area contributed by atoms with Crippen molar-refractivity contribution in [2.24, 2.45) is 0 Å². The molecule has 3 aromatic carbocycles. The van der Waals surface area contributed by atoms with E-state index in [0.29, 0.717) is 16.8 Å². The number of rotatable bonds is 5. The van der Waals surface area contributed by atoms with E-state index in [1.54, 1.807) is 24.3 Å². The molecule has 0 aromatic heterocycles. The predicted octanol–water partition coefficient (Wildman–Crippen LogP) is 3.74. The Kier molecular flexibility index (Phi) is 5.29. The zero-order valence-corrected chi connectivity index (χ0v) is 17.4. The number of aryl methyl sites for hydroxylation is 2. The minimum Gasteiger partial charge on any atom is -0.325 e. The van der Waals surface area contributed by atoms with E-state index in [-0.39, 0.29) is 6.54 Å². The molecule has 0 atom stereocenters. The molecule has 6 nitrogen and oxygen atoms in total. The summed E-state index contributed by atoms with van der Waals surface area (Å²) < 4.78 is 0. The van der Waals surface area contributed by atoms with Crippen LogP contribution in [0.5, 0.6) is 0 Å². The molecule has 31 heavy (non-hydrogen) atoms. The number of urea groups is 1. The summed E-state index contributed by atoms with van der Waals surface area (Å²) in [7, 11) is 0. The van der Waals surface area contributed by atoms with Crippen LogP contribution in [0.15, 0.2) is 78.9 Å². The SMILES string of the molecule is Cc1cc(C)cc(NC(=O)CN2C(=O)NC(c3ccccc3)(c3ccccc3)C2=O)c1. The molecule has 156 valence electrons. The number of nitrogens with one attached hydrogen (secondary N) is 2. The Hall–Kier alpha value is -3.93. The average molecular weight is 413 g/mol. The van der Waals surface area contributed by atoms with Gasteiger partial charge in [-0.1, -0.05) is 66.7 Å². The molecule has 1 aliphatic heterocycles. The van der Waals surface area contributed by atoms with E-state index in [0.717, 1.165) is 16.0 Å². The summed E-state index contributed by atoms with van der Waals surface area (Å²) in [5.74, 6) is -0.920. The van der Waals surface area contributed by atoms with Crippen LogP contribution in [0.4, 0.5) is 10.5 Å². The van der Waals surface area contributed by atoms with E-state index >= 15 is 0 Å². The number of imide groups is 1. The van der Waals surface area contributed by atoms with Crippen LogP contribution in [0.2, 0.25) is 0 Å². The largest absolute Gasteiger partial charge is 0.326 e. The number of amides is 4. The van der Waals surface area contributed by atoms with Crippen molar-refractivity contribution >= 4 is 23.5 Å². The van der Waals surface area contributed by atoms with Gasteiger partial charge in [0.25, 0.3) is 5.91 Å². The van der Waals surface area contributed by atoms with Crippen LogP contribution < -0.4 is 10.6 Å². The van der Waals surface area contributed by atoms with Crippen molar-refractivity contribution in [3.05, 3.63) is 101 Å². The third kappa shape index (κ3) is 3.80. The summed E-state index contributed by atoms with van der Waals surface area (Å²) in [6, 6.07) is 23.2. The average Bonchev–Trinajstić information content (AvgIpc) is 3.00. The molecule has 2 N–H and O–H groups in total. The molecule has 4 rings (SSSR count). The third-order valence-electron chi connectivity index (χ3n) is 5.33. The normalized spacial score (nSPS) is 15.0. The molecule has 4 amide bonds. The molecule has 1 saturated heterocycles. The first-order valence-electron chi connectivity index (χ1n) is 10.0. The quantitative estimate of drug-likeness (QED) is 0.626. The van der Waals surface area contributed by atoms with Crippen LogP contribution in [-0.2, 0) is 15.1 Å². The van der Waals surface area contributed by atoms with Gasteiger partial charge >= 0.3 is 6.03 Å². The van der Waals surface area contributed by atoms with E-state index in [9.17, 15) is 14.4 Å². The van der Waals surface area contributed by atoms with Crippen molar-refractivity contribution in [2.75, 3.05) is 11.9 Å². The first kappa shape index (κ1) is 20.3. The van der Waals surface area contributed by atoms with Crippen LogP contribution in [-0.4, -0.2) is 29.3 Å². The first-order chi connectivity index (χ1) is 14.9. The highest BCUT2D eigenvalue weighted by atomic mass is 16.2. The van der Waals surface area contributed by atoms with Crippen molar-refractivity contribution in [3.63, 3.8) is 0 Å². The Morgan fingerprint density at radius 2 is 1.39 bits per heavy atom. The fraction of sp³-hybridized carbons (Fsp3) is 0.160. The second-order valence-electron chi connectivity index (χ2n) is 7.73. The lowest BCUT2D eigenvalue weighted by atomic mass is 9.82. The van der Waals surface area contributed by atoms with Gasteiger partial charge in [0.05, 0.1) is 0 Å². The minimum atomic E-state index is -1.38. The molecule has 0 saturated carbocycles. The smallest absolute Gasteiger partial charge is 0.325 e. The molecule has 0 radical (unpaired) electrons. The van der Waals surface area contributed by atoms with Gasteiger partial charge < -0.3 is 10.6 Å². The van der Waals surface area contributed by atoms with Gasteiger partial charge in [-0.05, 0) is 48.2 Å². The van der Waals surface area contributed by atoms with Gasteiger partial charge in [-0.3, -0.25) is 14.5 Å². The maximum Gasteiger partial charge on any atom is 0.326 e. The Balaban J connectivity index is 1.64. The number of carbonyl (C=O) groups excluding carboxylic acids is 3. The van der Waals surface area contributed by atoms with E-state index in [4.69, 9.17) is 0 Å². The van der Waals surface area contributed by atoms with Gasteiger partial charge in [-0.15, -0.1) is 0 Å². The molecule has 0 bridgehead atoms. The lowest BCUT2D eigenvalue weighted by Gasteiger charge is -2.28. The number of carbonyl (C=O) groups is 3. The molecule has 1 heterocycles. The zero-order chi connectivity index (χ0) is 22.0. The fourth-order valence-corrected chi connectivity index (χ4v) is 4.04. The van der Waals surface area contributed by atoms with E-state index in [2.05, 4.69) is 10.6 Å². The lowest BCUT2D eigenvalue weighted by Crippen LogP contribution is -2.45. The van der Waals surface area contributed by atoms with Crippen LogP contribution in [0.25, 0.3) is 0 Å². The van der Waals surface area contributed by atoms with Gasteiger partial charge in [0.2, 0.25) is 5.91 Å². The van der Waals surface area contributed by atoms with Crippen LogP contribution in [0, 0.1) is 13.8 Å². The van der Waals surface area contributed by atoms with Gasteiger partial charge in [0.15, 0.2) is 5.54 Å². The maximum atomic E-state index is 13.6. The third-order valence-corrected chi connectivity index (χ3v) is 5.33. The maximum absolute atomic E-state index is 13.6. The van der Waals surface area contributed by atoms with Gasteiger partial charge in [0, 0.05) is 5.69 Å². The molecule has 1 fully saturated rings. The van der Waals surface area contributed by atoms with Gasteiger partial charge in [0.1, 0.15) is 6.54 Å². The summed E-state index contributed by atoms with van der Waals surface area (Å²) in [6.45, 7) is 3.50. The highest BCUT2D eigenvalue weighted by molar-refractivity contribution is 6.12. The topological polar surface area (TPSA) is 78.5 Å². The molecule has 0 spiro atoms. The minimum absolute atomic E-state index is 0.376. The standard InChI is InChI=1S/C25H23N3O3/c1-17-13-18(2)15-21(14-17)26-22(29)16-28-23(30)25(27-24(28)31,19-9-5-3-6-10-19)20-11-7-4-8-12-20/h3-15H,16H2,1-2H3,(H,26,29)(H,27,31). The highest BCUT2D eigenvalue weighted by Crippen LogP contribution is 2.35. The van der Waals surface area contributed by atoms with Crippen molar-refractivity contribution < 1.29 is 14.4 Å². The molecule has 0 unspecified atom stereocenters. The van der Waals surface area contributed by atoms with Crippen molar-refractivity contribution in [1.29, 1.82) is 0 Å². The zero-order valence-electron chi connectivity index (χ0n) is 17.4. The summed E-state index contributed by atoms with van der Waals surface area (Å²) in [5.41, 5.74) is 2.55. The monoisotopic (exact) mass is 413 g/mol. The number of hydrogen-bond acceptors (Lipinski definition) is 3. The molecule has 1 aliphatic rings. The first-order valence-corrected chi connectivity index (χ1v) is 10.0. The molecule has 0 aliphatic carbocycles. The fourth-order valence-electron chi connectivity index (χ4n) is 4.04. The van der Waals surface area contributed by atoms with Crippen molar-refractivity contribution in [3.8, 4) is 0 Å². The molecular formula is C25H23N3O3. The van der Waals surface area contributed by atoms with Gasteiger partial charge in [-0.25, -0.2) is 4.79 Å². The van der Waals surface area contributed by atoms with E-state index in [1.165, 1.54) is 0 Å². The number of nitrogens with zero attached hydrogens (tertiary/aromatic N) is 1. The molecule has 3 aromatic rings. The highest BCUT2D eigenvalue weighted by Gasteiger charge is 2.54. The predicted molar refractivity (Wildman–Crippen MR) is 118 cm³/mol. The molecule has 6 heteroatoms. The molecular weight excluding hydrogens is 390 g/mol. The van der Waals surface area contributed by atoms with Crippen molar-refractivity contribution in [2.45, 2.75) is 19.4 Å². The summed E-state index contributed by atoms with van der Waals surface area (Å²) in [6.07, 6.45) is 0. The van der Waals surface area contributed by atoms with Gasteiger partial charge in [-0.2, -0.15) is 0 Å². The summed E-state index contributed by atoms with van der Waals surface area (Å²) in [5, 5.41) is 5.63. The van der Waals surface area contributed by atoms with Crippen LogP contribution in [0.3, 0.4) is 0 Å². The Labute approximate surface area is 180 Å². The Bertz CT molecular complexity index is 1080. The second-order valence-corrected chi connectivity index (χ2v) is 7.73. The number of hydrogen-bond donors (Lipinski definition) is 2. The lowest BCUT2D eigenvalue weighted by molar-refractivity contribution is -0.133. The Morgan fingerprint density at radius 3 is 1.90 bits per heavy atom. The number of anilines is 1. The number of benzene rings is 3. The van der Waals surface area contributed by atoms with E-state index in [1.807, 2.05) is 68.4 Å². The van der Waals surface area contributed by atoms with Crippen molar-refractivity contribution in [1.82, 2.24) is 10.2 Å². The summed E-state index contributed by atoms with van der Waals surface area (Å²) >= 11 is 0. The Morgan fingerprint density at radius 1 is 0.871 bits per heavy atom. The summed E-state index contributed by atoms with van der Waals surface area (Å²) in [4.78, 5) is 40.1. The second kappa shape index (κ2) is 8.07. The van der Waals surface area contributed by atoms with E-state index < -0.39 is 23.4 Å². The van der Waals surface area contributed by atoms with Crippen LogP contribution in [0.1, 0.15) is 22.3 Å².